The number of amidine groups is 1. The largest absolute Gasteiger partial charge is 0.333 e. The standard InChI is InChI=1S/C25H28N6O/c1-17-4-7-21(14-22(17)27-25(32)30-11-2-3-12-30)24-29-28-23-15-20(10-13-31(23)24)19-8-5-18(16-26)6-9-19/h4-9,14,20,23,28H,2-3,10-13,15H2,1H3,(H,27,32). The van der Waals surface area contributed by atoms with E-state index < -0.39 is 0 Å². The normalized spacial score (nSPS) is 22.1. The molecule has 2 atom stereocenters. The molecule has 32 heavy (non-hydrogen) atoms. The van der Waals surface area contributed by atoms with Crippen LogP contribution in [0.5, 0.6) is 0 Å². The van der Waals surface area contributed by atoms with Crippen molar-refractivity contribution < 1.29 is 4.79 Å². The molecule has 2 N–H and O–H groups in total. The molecule has 2 aromatic carbocycles. The molecule has 2 amide bonds. The minimum absolute atomic E-state index is 0.0182. The lowest BCUT2D eigenvalue weighted by Gasteiger charge is -2.36. The molecular formula is C25H28N6O. The third-order valence-electron chi connectivity index (χ3n) is 6.84. The minimum Gasteiger partial charge on any atom is -0.333 e. The quantitative estimate of drug-likeness (QED) is 0.775. The third-order valence-corrected chi connectivity index (χ3v) is 6.84. The maximum absolute atomic E-state index is 12.6. The van der Waals surface area contributed by atoms with E-state index in [1.807, 2.05) is 36.1 Å². The summed E-state index contributed by atoms with van der Waals surface area (Å²) in [6.07, 6.45) is 4.31. The van der Waals surface area contributed by atoms with E-state index >= 15 is 0 Å². The van der Waals surface area contributed by atoms with Crippen LogP contribution in [0.25, 0.3) is 0 Å². The van der Waals surface area contributed by atoms with Gasteiger partial charge < -0.3 is 15.1 Å². The Hall–Kier alpha value is -3.53. The highest BCUT2D eigenvalue weighted by atomic mass is 16.2. The van der Waals surface area contributed by atoms with Crippen molar-refractivity contribution in [3.63, 3.8) is 0 Å². The highest BCUT2D eigenvalue weighted by molar-refractivity contribution is 6.01. The van der Waals surface area contributed by atoms with Crippen LogP contribution in [0.1, 0.15) is 53.9 Å². The van der Waals surface area contributed by atoms with Gasteiger partial charge in [0.25, 0.3) is 0 Å². The van der Waals surface area contributed by atoms with Crippen LogP contribution in [-0.4, -0.2) is 47.5 Å². The number of nitrogens with one attached hydrogen (secondary N) is 2. The number of benzene rings is 2. The molecule has 2 aromatic rings. The number of piperidine rings is 1. The van der Waals surface area contributed by atoms with Gasteiger partial charge in [0.2, 0.25) is 0 Å². The average molecular weight is 429 g/mol. The van der Waals surface area contributed by atoms with E-state index in [1.54, 1.807) is 0 Å². The molecule has 2 unspecified atom stereocenters. The van der Waals surface area contributed by atoms with E-state index in [2.05, 4.69) is 45.0 Å². The Morgan fingerprint density at radius 2 is 1.94 bits per heavy atom. The Bertz CT molecular complexity index is 1080. The summed E-state index contributed by atoms with van der Waals surface area (Å²) >= 11 is 0. The summed E-state index contributed by atoms with van der Waals surface area (Å²) in [7, 11) is 0. The van der Waals surface area contributed by atoms with E-state index in [-0.39, 0.29) is 12.2 Å². The van der Waals surface area contributed by atoms with Crippen molar-refractivity contribution in [3.05, 3.63) is 64.7 Å². The van der Waals surface area contributed by atoms with Crippen LogP contribution in [0.3, 0.4) is 0 Å². The summed E-state index contributed by atoms with van der Waals surface area (Å²) in [6, 6.07) is 16.3. The zero-order chi connectivity index (χ0) is 22.1. The SMILES string of the molecule is Cc1ccc(C2=NNC3CC(c4ccc(C#N)cc4)CCN23)cc1NC(=O)N1CCCC1. The first-order chi connectivity index (χ1) is 15.6. The van der Waals surface area contributed by atoms with Gasteiger partial charge in [-0.2, -0.15) is 10.4 Å². The molecule has 7 nitrogen and oxygen atoms in total. The second-order valence-electron chi connectivity index (χ2n) is 8.88. The van der Waals surface area contributed by atoms with Gasteiger partial charge in [0.1, 0.15) is 6.17 Å². The van der Waals surface area contributed by atoms with Crippen LogP contribution in [0.2, 0.25) is 0 Å². The van der Waals surface area contributed by atoms with Crippen molar-refractivity contribution in [3.8, 4) is 6.07 Å². The van der Waals surface area contributed by atoms with Crippen molar-refractivity contribution in [2.75, 3.05) is 25.0 Å². The summed E-state index contributed by atoms with van der Waals surface area (Å²) in [6.45, 7) is 4.59. The Morgan fingerprint density at radius 1 is 1.16 bits per heavy atom. The van der Waals surface area contributed by atoms with Crippen molar-refractivity contribution in [2.45, 2.75) is 44.7 Å². The van der Waals surface area contributed by atoms with Crippen molar-refractivity contribution in [1.29, 1.82) is 5.26 Å². The Morgan fingerprint density at radius 3 is 2.69 bits per heavy atom. The predicted molar refractivity (Wildman–Crippen MR) is 124 cm³/mol. The van der Waals surface area contributed by atoms with Gasteiger partial charge in [-0.25, -0.2) is 4.79 Å². The second-order valence-corrected chi connectivity index (χ2v) is 8.88. The zero-order valence-corrected chi connectivity index (χ0v) is 18.3. The monoisotopic (exact) mass is 428 g/mol. The molecule has 7 heteroatoms. The number of carbonyl (C=O) groups is 1. The van der Waals surface area contributed by atoms with E-state index in [0.29, 0.717) is 11.5 Å². The van der Waals surface area contributed by atoms with Crippen LogP contribution in [-0.2, 0) is 0 Å². The molecule has 0 aliphatic carbocycles. The topological polar surface area (TPSA) is 83.8 Å². The fraction of sp³-hybridized carbons (Fsp3) is 0.400. The van der Waals surface area contributed by atoms with E-state index in [0.717, 1.165) is 68.0 Å². The van der Waals surface area contributed by atoms with Crippen LogP contribution in [0.15, 0.2) is 47.6 Å². The number of urea groups is 1. The molecular weight excluding hydrogens is 400 g/mol. The molecule has 0 spiro atoms. The molecule has 2 saturated heterocycles. The molecule has 3 heterocycles. The van der Waals surface area contributed by atoms with E-state index in [9.17, 15) is 4.79 Å². The van der Waals surface area contributed by atoms with Gasteiger partial charge in [0.05, 0.1) is 11.6 Å². The maximum atomic E-state index is 12.6. The van der Waals surface area contributed by atoms with Crippen molar-refractivity contribution >= 4 is 17.6 Å². The maximum Gasteiger partial charge on any atom is 0.321 e. The van der Waals surface area contributed by atoms with Crippen LogP contribution in [0.4, 0.5) is 10.5 Å². The fourth-order valence-electron chi connectivity index (χ4n) is 4.91. The number of aryl methyl sites for hydroxylation is 1. The molecule has 0 bridgehead atoms. The first-order valence-electron chi connectivity index (χ1n) is 11.4. The van der Waals surface area contributed by atoms with Gasteiger partial charge in [0, 0.05) is 30.9 Å². The zero-order valence-electron chi connectivity index (χ0n) is 18.3. The van der Waals surface area contributed by atoms with E-state index in [1.165, 1.54) is 5.56 Å². The summed E-state index contributed by atoms with van der Waals surface area (Å²) < 4.78 is 0. The lowest BCUT2D eigenvalue weighted by atomic mass is 9.87. The highest BCUT2D eigenvalue weighted by Crippen LogP contribution is 2.34. The number of carbonyl (C=O) groups excluding carboxylic acids is 1. The van der Waals surface area contributed by atoms with Crippen LogP contribution >= 0.6 is 0 Å². The van der Waals surface area contributed by atoms with Crippen molar-refractivity contribution in [1.82, 2.24) is 15.2 Å². The summed E-state index contributed by atoms with van der Waals surface area (Å²) in [5.74, 6) is 1.38. The van der Waals surface area contributed by atoms with Gasteiger partial charge >= 0.3 is 6.03 Å². The molecule has 0 aromatic heterocycles. The van der Waals surface area contributed by atoms with Crippen LogP contribution in [0, 0.1) is 18.3 Å². The number of anilines is 1. The molecule has 3 aliphatic rings. The number of rotatable bonds is 3. The Kier molecular flexibility index (Phi) is 5.44. The Balaban J connectivity index is 1.28. The van der Waals surface area contributed by atoms with Gasteiger partial charge in [0.15, 0.2) is 5.84 Å². The molecule has 0 radical (unpaired) electrons. The third kappa shape index (κ3) is 3.89. The number of hydrogen-bond acceptors (Lipinski definition) is 5. The minimum atomic E-state index is -0.0182. The summed E-state index contributed by atoms with van der Waals surface area (Å²) in [4.78, 5) is 16.8. The number of fused-ring (bicyclic) bond motifs is 1. The molecule has 0 saturated carbocycles. The van der Waals surface area contributed by atoms with Gasteiger partial charge in [-0.15, -0.1) is 0 Å². The number of hydrogen-bond donors (Lipinski definition) is 2. The summed E-state index contributed by atoms with van der Waals surface area (Å²) in [5.41, 5.74) is 8.19. The molecule has 164 valence electrons. The van der Waals surface area contributed by atoms with E-state index in [4.69, 9.17) is 5.26 Å². The first-order valence-corrected chi connectivity index (χ1v) is 11.4. The number of likely N-dealkylation sites (tertiary alicyclic amines) is 1. The average Bonchev–Trinajstić information content (AvgIpc) is 3.50. The molecule has 3 aliphatic heterocycles. The number of nitrogens with zero attached hydrogens (tertiary/aromatic N) is 4. The molecule has 2 fully saturated rings. The van der Waals surface area contributed by atoms with Gasteiger partial charge in [-0.1, -0.05) is 24.3 Å². The van der Waals surface area contributed by atoms with Gasteiger partial charge in [-0.3, -0.25) is 5.43 Å². The molecule has 5 rings (SSSR count). The smallest absolute Gasteiger partial charge is 0.321 e. The lowest BCUT2D eigenvalue weighted by Crippen LogP contribution is -2.46. The summed E-state index contributed by atoms with van der Waals surface area (Å²) in [5, 5.41) is 16.8. The highest BCUT2D eigenvalue weighted by Gasteiger charge is 2.35. The number of amides is 2. The fourth-order valence-corrected chi connectivity index (χ4v) is 4.91. The first kappa shape index (κ1) is 20.4. The Labute approximate surface area is 188 Å². The second kappa shape index (κ2) is 8.54. The van der Waals surface area contributed by atoms with Gasteiger partial charge in [-0.05, 0) is 67.9 Å². The number of hydrazone groups is 1. The predicted octanol–water partition coefficient (Wildman–Crippen LogP) is 3.96. The van der Waals surface area contributed by atoms with Crippen molar-refractivity contribution in [2.24, 2.45) is 5.10 Å². The lowest BCUT2D eigenvalue weighted by molar-refractivity contribution is 0.213. The van der Waals surface area contributed by atoms with Crippen LogP contribution < -0.4 is 10.7 Å². The number of nitriles is 1.